The van der Waals surface area contributed by atoms with Crippen molar-refractivity contribution in [3.8, 4) is 0 Å². The molecule has 0 radical (unpaired) electrons. The fourth-order valence-corrected chi connectivity index (χ4v) is 2.22. The zero-order valence-electron chi connectivity index (χ0n) is 12.5. The minimum Gasteiger partial charge on any atom is -0.373 e. The van der Waals surface area contributed by atoms with Gasteiger partial charge in [-0.05, 0) is 18.8 Å². The third kappa shape index (κ3) is 4.03. The molecule has 1 aliphatic rings. The lowest BCUT2D eigenvalue weighted by Crippen LogP contribution is -2.44. The molecule has 2 atom stereocenters. The average molecular weight is 280 g/mol. The van der Waals surface area contributed by atoms with Gasteiger partial charge in [0.15, 0.2) is 0 Å². The van der Waals surface area contributed by atoms with E-state index in [9.17, 15) is 4.79 Å². The van der Waals surface area contributed by atoms with Gasteiger partial charge in [0.1, 0.15) is 5.69 Å². The van der Waals surface area contributed by atoms with Gasteiger partial charge in [-0.25, -0.2) is 0 Å². The number of aromatic nitrogens is 3. The first kappa shape index (κ1) is 15.0. The second-order valence-electron chi connectivity index (χ2n) is 5.89. The van der Waals surface area contributed by atoms with Gasteiger partial charge in [0.25, 0.3) is 0 Å². The van der Waals surface area contributed by atoms with Gasteiger partial charge >= 0.3 is 0 Å². The van der Waals surface area contributed by atoms with Crippen molar-refractivity contribution in [1.29, 1.82) is 0 Å². The van der Waals surface area contributed by atoms with Crippen molar-refractivity contribution < 1.29 is 9.53 Å². The second-order valence-corrected chi connectivity index (χ2v) is 5.89. The van der Waals surface area contributed by atoms with Crippen LogP contribution in [0, 0.1) is 11.8 Å². The van der Waals surface area contributed by atoms with E-state index in [1.54, 1.807) is 0 Å². The molecule has 2 bridgehead atoms. The zero-order chi connectivity index (χ0) is 14.5. The van der Waals surface area contributed by atoms with Gasteiger partial charge in [-0.3, -0.25) is 9.48 Å². The average Bonchev–Trinajstić information content (AvgIpc) is 2.84. The molecular formula is C14H24N4O2. The maximum absolute atomic E-state index is 12.2. The number of carbonyl (C=O) groups is 1. The number of rotatable bonds is 1. The number of aryl methyl sites for hydroxylation is 1. The summed E-state index contributed by atoms with van der Waals surface area (Å²) in [4.78, 5) is 12.2. The molecule has 0 fully saturated rings. The van der Waals surface area contributed by atoms with E-state index in [0.717, 1.165) is 25.1 Å². The quantitative estimate of drug-likeness (QED) is 0.843. The molecule has 0 saturated carbocycles. The Hall–Kier alpha value is -1.43. The smallest absolute Gasteiger partial charge is 0.223 e. The van der Waals surface area contributed by atoms with Crippen LogP contribution in [-0.2, 0) is 22.7 Å². The molecule has 6 heteroatoms. The maximum Gasteiger partial charge on any atom is 0.223 e. The summed E-state index contributed by atoms with van der Waals surface area (Å²) < 4.78 is 7.49. The molecule has 1 amide bonds. The molecule has 6 nitrogen and oxygen atoms in total. The van der Waals surface area contributed by atoms with Crippen molar-refractivity contribution in [2.24, 2.45) is 11.8 Å². The molecule has 1 aromatic heterocycles. The first-order valence-electron chi connectivity index (χ1n) is 7.33. The molecule has 1 N–H and O–H groups in total. The SMILES string of the molecule is CC(C)[C@H]1COCc2cn(nn2)CCC[C@H](C)C(=O)N1. The lowest BCUT2D eigenvalue weighted by atomic mass is 10.0. The molecule has 20 heavy (non-hydrogen) atoms. The van der Waals surface area contributed by atoms with Crippen molar-refractivity contribution in [2.45, 2.75) is 52.8 Å². The van der Waals surface area contributed by atoms with Crippen LogP contribution in [0.25, 0.3) is 0 Å². The summed E-state index contributed by atoms with van der Waals surface area (Å²) in [6.45, 7) is 7.89. The number of fused-ring (bicyclic) bond motifs is 2. The van der Waals surface area contributed by atoms with E-state index in [2.05, 4.69) is 29.5 Å². The summed E-state index contributed by atoms with van der Waals surface area (Å²) in [5, 5.41) is 11.3. The van der Waals surface area contributed by atoms with Crippen LogP contribution in [-0.4, -0.2) is 33.5 Å². The Balaban J connectivity index is 2.06. The van der Waals surface area contributed by atoms with Gasteiger partial charge in [-0.2, -0.15) is 0 Å². The van der Waals surface area contributed by atoms with E-state index >= 15 is 0 Å². The molecule has 0 saturated heterocycles. The third-order valence-electron chi connectivity index (χ3n) is 3.74. The minimum absolute atomic E-state index is 0.0139. The highest BCUT2D eigenvalue weighted by atomic mass is 16.5. The second kappa shape index (κ2) is 6.83. The topological polar surface area (TPSA) is 69.0 Å². The molecular weight excluding hydrogens is 256 g/mol. The van der Waals surface area contributed by atoms with Crippen LogP contribution in [0.15, 0.2) is 6.20 Å². The fourth-order valence-electron chi connectivity index (χ4n) is 2.22. The van der Waals surface area contributed by atoms with Crippen molar-refractivity contribution >= 4 is 5.91 Å². The highest BCUT2D eigenvalue weighted by molar-refractivity contribution is 5.78. The van der Waals surface area contributed by atoms with E-state index in [1.165, 1.54) is 0 Å². The van der Waals surface area contributed by atoms with Gasteiger partial charge in [0, 0.05) is 12.5 Å². The van der Waals surface area contributed by atoms with Crippen molar-refractivity contribution in [1.82, 2.24) is 20.3 Å². The van der Waals surface area contributed by atoms with E-state index in [4.69, 9.17) is 4.74 Å². The Morgan fingerprint density at radius 1 is 1.50 bits per heavy atom. The van der Waals surface area contributed by atoms with Gasteiger partial charge < -0.3 is 10.1 Å². The number of nitrogens with zero attached hydrogens (tertiary/aromatic N) is 3. The Morgan fingerprint density at radius 2 is 2.30 bits per heavy atom. The van der Waals surface area contributed by atoms with E-state index in [-0.39, 0.29) is 17.9 Å². The largest absolute Gasteiger partial charge is 0.373 e. The van der Waals surface area contributed by atoms with Crippen LogP contribution in [0.4, 0.5) is 0 Å². The highest BCUT2D eigenvalue weighted by Gasteiger charge is 2.21. The van der Waals surface area contributed by atoms with Crippen LogP contribution < -0.4 is 5.32 Å². The predicted octanol–water partition coefficient (Wildman–Crippen LogP) is 1.37. The van der Waals surface area contributed by atoms with Gasteiger partial charge in [-0.15, -0.1) is 5.10 Å². The summed E-state index contributed by atoms with van der Waals surface area (Å²) in [6, 6.07) is 0.0424. The number of amides is 1. The summed E-state index contributed by atoms with van der Waals surface area (Å²) in [5.74, 6) is 0.469. The molecule has 1 aromatic rings. The number of carbonyl (C=O) groups excluding carboxylic acids is 1. The Morgan fingerprint density at radius 3 is 3.05 bits per heavy atom. The lowest BCUT2D eigenvalue weighted by molar-refractivity contribution is -0.126. The van der Waals surface area contributed by atoms with Crippen molar-refractivity contribution in [3.05, 3.63) is 11.9 Å². The van der Waals surface area contributed by atoms with Gasteiger partial charge in [0.05, 0.1) is 25.5 Å². The molecule has 2 rings (SSSR count). The van der Waals surface area contributed by atoms with E-state index in [1.807, 2.05) is 17.8 Å². The van der Waals surface area contributed by atoms with Crippen molar-refractivity contribution in [2.75, 3.05) is 6.61 Å². The standard InChI is InChI=1S/C14H24N4O2/c1-10(2)13-9-20-8-12-7-18(17-16-12)6-4-5-11(3)14(19)15-13/h7,10-11,13H,4-6,8-9H2,1-3H3,(H,15,19)/t11-,13+/m0/s1. The van der Waals surface area contributed by atoms with Crippen LogP contribution >= 0.6 is 0 Å². The van der Waals surface area contributed by atoms with Crippen LogP contribution in [0.5, 0.6) is 0 Å². The Labute approximate surface area is 119 Å². The van der Waals surface area contributed by atoms with Crippen LogP contribution in [0.3, 0.4) is 0 Å². The zero-order valence-corrected chi connectivity index (χ0v) is 12.5. The lowest BCUT2D eigenvalue weighted by Gasteiger charge is -2.24. The number of ether oxygens (including phenoxy) is 1. The van der Waals surface area contributed by atoms with Crippen molar-refractivity contribution in [3.63, 3.8) is 0 Å². The summed E-state index contributed by atoms with van der Waals surface area (Å²) in [5.41, 5.74) is 0.839. The van der Waals surface area contributed by atoms with E-state index < -0.39 is 0 Å². The monoisotopic (exact) mass is 280 g/mol. The van der Waals surface area contributed by atoms with Gasteiger partial charge in [0.2, 0.25) is 5.91 Å². The molecule has 0 spiro atoms. The Kier molecular flexibility index (Phi) is 5.11. The first-order chi connectivity index (χ1) is 9.56. The minimum atomic E-state index is 0.0139. The number of hydrogen-bond acceptors (Lipinski definition) is 4. The summed E-state index contributed by atoms with van der Waals surface area (Å²) >= 11 is 0. The highest BCUT2D eigenvalue weighted by Crippen LogP contribution is 2.11. The Bertz CT molecular complexity index is 444. The first-order valence-corrected chi connectivity index (χ1v) is 7.33. The number of hydrogen-bond donors (Lipinski definition) is 1. The third-order valence-corrected chi connectivity index (χ3v) is 3.74. The van der Waals surface area contributed by atoms with Crippen LogP contribution in [0.2, 0.25) is 0 Å². The van der Waals surface area contributed by atoms with E-state index in [0.29, 0.717) is 19.1 Å². The molecule has 1 aliphatic heterocycles. The fraction of sp³-hybridized carbons (Fsp3) is 0.786. The summed E-state index contributed by atoms with van der Waals surface area (Å²) in [6.07, 6.45) is 3.69. The summed E-state index contributed by atoms with van der Waals surface area (Å²) in [7, 11) is 0. The predicted molar refractivity (Wildman–Crippen MR) is 74.8 cm³/mol. The van der Waals surface area contributed by atoms with Crippen LogP contribution in [0.1, 0.15) is 39.3 Å². The normalized spacial score (nSPS) is 25.5. The number of nitrogens with one attached hydrogen (secondary N) is 1. The van der Waals surface area contributed by atoms with Gasteiger partial charge in [-0.1, -0.05) is 26.0 Å². The molecule has 2 heterocycles. The molecule has 0 aliphatic carbocycles. The maximum atomic E-state index is 12.2. The molecule has 112 valence electrons. The molecule has 0 unspecified atom stereocenters. The molecule has 0 aromatic carbocycles.